The van der Waals surface area contributed by atoms with E-state index in [1.807, 2.05) is 30.3 Å². The smallest absolute Gasteiger partial charge is 0.244 e. The van der Waals surface area contributed by atoms with Crippen molar-refractivity contribution in [2.24, 2.45) is 5.10 Å². The van der Waals surface area contributed by atoms with Gasteiger partial charge in [0, 0.05) is 35.8 Å². The van der Waals surface area contributed by atoms with E-state index in [4.69, 9.17) is 34.8 Å². The monoisotopic (exact) mass is 545 g/mol. The van der Waals surface area contributed by atoms with Gasteiger partial charge >= 0.3 is 0 Å². The fourth-order valence-electron chi connectivity index (χ4n) is 2.94. The van der Waals surface area contributed by atoms with E-state index in [9.17, 15) is 14.9 Å². The van der Waals surface area contributed by atoms with Crippen molar-refractivity contribution in [3.8, 4) is 6.07 Å². The van der Waals surface area contributed by atoms with Crippen molar-refractivity contribution in [1.82, 2.24) is 10.3 Å². The Balaban J connectivity index is 0.000000678. The van der Waals surface area contributed by atoms with E-state index >= 15 is 0 Å². The Morgan fingerprint density at radius 1 is 1.19 bits per heavy atom. The maximum atomic E-state index is 12.2. The number of aromatic nitrogens is 1. The van der Waals surface area contributed by atoms with Crippen molar-refractivity contribution in [2.75, 3.05) is 18.8 Å². The summed E-state index contributed by atoms with van der Waals surface area (Å²) in [6.07, 6.45) is 3.65. The van der Waals surface area contributed by atoms with Crippen LogP contribution in [-0.2, 0) is 14.3 Å². The Bertz CT molecular complexity index is 1210. The quantitative estimate of drug-likeness (QED) is 0.101. The lowest BCUT2D eigenvalue weighted by molar-refractivity contribution is -0.116. The minimum atomic E-state index is -0.748. The van der Waals surface area contributed by atoms with Gasteiger partial charge in [-0.3, -0.25) is 9.59 Å². The lowest BCUT2D eigenvalue weighted by Gasteiger charge is -2.19. The lowest BCUT2D eigenvalue weighted by atomic mass is 9.93. The maximum absolute atomic E-state index is 12.2. The van der Waals surface area contributed by atoms with Crippen LogP contribution in [-0.4, -0.2) is 37.4 Å². The number of hydrazone groups is 1. The molecule has 36 heavy (non-hydrogen) atoms. The third kappa shape index (κ3) is 8.33. The minimum Gasteiger partial charge on any atom is -0.365 e. The van der Waals surface area contributed by atoms with E-state index in [1.165, 1.54) is 25.2 Å². The molecule has 0 aliphatic rings. The molecule has 2 aromatic carbocycles. The number of hydrogen-bond acceptors (Lipinski definition) is 6. The summed E-state index contributed by atoms with van der Waals surface area (Å²) in [7, 11) is 1.51. The van der Waals surface area contributed by atoms with E-state index in [0.29, 0.717) is 35.1 Å². The van der Waals surface area contributed by atoms with Gasteiger partial charge in [-0.05, 0) is 29.3 Å². The number of carbonyl (C=O) groups excluding carboxylic acids is 2. The van der Waals surface area contributed by atoms with Crippen LogP contribution in [0.25, 0.3) is 0 Å². The largest absolute Gasteiger partial charge is 0.365 e. The summed E-state index contributed by atoms with van der Waals surface area (Å²) in [6.45, 7) is 1.68. The summed E-state index contributed by atoms with van der Waals surface area (Å²) in [5.41, 5.74) is 2.24. The van der Waals surface area contributed by atoms with Crippen molar-refractivity contribution >= 4 is 59.0 Å². The second-order valence-electron chi connectivity index (χ2n) is 7.04. The molecule has 3 rings (SSSR count). The number of pyridine rings is 1. The average Bonchev–Trinajstić information content (AvgIpc) is 2.86. The molecule has 0 spiro atoms. The highest BCUT2D eigenvalue weighted by atomic mass is 35.5. The number of rotatable bonds is 8. The van der Waals surface area contributed by atoms with Crippen LogP contribution in [0.15, 0.2) is 65.9 Å². The van der Waals surface area contributed by atoms with Gasteiger partial charge in [0.15, 0.2) is 0 Å². The Kier molecular flexibility index (Phi) is 11.8. The fraction of sp³-hybridized carbons (Fsp3) is 0.160. The third-order valence-corrected chi connectivity index (χ3v) is 5.39. The summed E-state index contributed by atoms with van der Waals surface area (Å²) >= 11 is 18.8. The van der Waals surface area contributed by atoms with E-state index in [0.717, 1.165) is 5.56 Å². The molecule has 0 bridgehead atoms. The highest BCUT2D eigenvalue weighted by Gasteiger charge is 2.23. The number of halogens is 3. The molecular weight excluding hydrogens is 525 g/mol. The molecule has 186 valence electrons. The van der Waals surface area contributed by atoms with Gasteiger partial charge in [-0.1, -0.05) is 71.2 Å². The maximum Gasteiger partial charge on any atom is 0.244 e. The van der Waals surface area contributed by atoms with Crippen molar-refractivity contribution in [2.45, 2.75) is 12.8 Å². The molecule has 1 unspecified atom stereocenters. The van der Waals surface area contributed by atoms with Crippen molar-refractivity contribution < 1.29 is 14.3 Å². The zero-order valence-corrected chi connectivity index (χ0v) is 21.6. The number of ether oxygens (including phenoxy) is 1. The van der Waals surface area contributed by atoms with Crippen LogP contribution in [0.4, 0.5) is 5.69 Å². The number of amides is 2. The zero-order chi connectivity index (χ0) is 26.5. The molecule has 0 aliphatic heterocycles. The van der Waals surface area contributed by atoms with Gasteiger partial charge in [0.1, 0.15) is 17.8 Å². The molecule has 1 heterocycles. The molecule has 3 aromatic rings. The molecule has 0 aliphatic carbocycles. The van der Waals surface area contributed by atoms with Gasteiger partial charge in [0.25, 0.3) is 0 Å². The first-order chi connectivity index (χ1) is 17.3. The molecule has 0 saturated carbocycles. The van der Waals surface area contributed by atoms with E-state index in [2.05, 4.69) is 26.2 Å². The number of hydrogen-bond donors (Lipinski definition) is 1. The Morgan fingerprint density at radius 2 is 1.86 bits per heavy atom. The molecule has 0 saturated heterocycles. The second-order valence-corrected chi connectivity index (χ2v) is 8.24. The third-order valence-electron chi connectivity index (χ3n) is 4.54. The van der Waals surface area contributed by atoms with Crippen LogP contribution >= 0.6 is 34.8 Å². The number of nitrogens with zero attached hydrogens (tertiary/aromatic N) is 4. The lowest BCUT2D eigenvalue weighted by Crippen LogP contribution is -2.22. The fourth-order valence-corrected chi connectivity index (χ4v) is 3.75. The van der Waals surface area contributed by atoms with Crippen LogP contribution in [0.5, 0.6) is 0 Å². The normalized spacial score (nSPS) is 11.1. The SMILES string of the molecule is CC(=O)N(/N=C/c1ccccc1)c1cc(Cl)c(C(C#N)c2ccc(Cl)nc2)c(Cl)c1.COCNC=O. The molecule has 1 N–H and O–H groups in total. The minimum absolute atomic E-state index is 0.236. The number of nitrogens with one attached hydrogen (secondary N) is 1. The molecule has 1 atom stereocenters. The summed E-state index contributed by atoms with van der Waals surface area (Å²) in [6, 6.07) is 17.9. The number of anilines is 1. The molecule has 8 nitrogen and oxygen atoms in total. The van der Waals surface area contributed by atoms with Crippen molar-refractivity contribution in [1.29, 1.82) is 5.26 Å². The van der Waals surface area contributed by atoms with E-state index in [1.54, 1.807) is 30.5 Å². The molecule has 0 radical (unpaired) electrons. The topological polar surface area (TPSA) is 108 Å². The van der Waals surface area contributed by atoms with Crippen LogP contribution in [0, 0.1) is 11.3 Å². The summed E-state index contributed by atoms with van der Waals surface area (Å²) < 4.78 is 4.44. The van der Waals surface area contributed by atoms with Crippen molar-refractivity contribution in [3.05, 3.63) is 92.7 Å². The Hall–Kier alpha value is -3.48. The number of carbonyl (C=O) groups is 2. The number of nitriles is 1. The van der Waals surface area contributed by atoms with Gasteiger partial charge < -0.3 is 10.1 Å². The Labute approximate surface area is 224 Å². The first kappa shape index (κ1) is 28.8. The summed E-state index contributed by atoms with van der Waals surface area (Å²) in [5, 5.41) is 18.3. The van der Waals surface area contributed by atoms with Gasteiger partial charge in [-0.15, -0.1) is 0 Å². The highest BCUT2D eigenvalue weighted by Crippen LogP contribution is 2.38. The molecule has 1 aromatic heterocycles. The van der Waals surface area contributed by atoms with E-state index in [-0.39, 0.29) is 16.0 Å². The molecule has 0 fully saturated rings. The molecule has 2 amide bonds. The van der Waals surface area contributed by atoms with Gasteiger partial charge in [-0.2, -0.15) is 10.4 Å². The predicted octanol–water partition coefficient (Wildman–Crippen LogP) is 5.42. The van der Waals surface area contributed by atoms with Crippen molar-refractivity contribution in [3.63, 3.8) is 0 Å². The van der Waals surface area contributed by atoms with Crippen LogP contribution in [0.2, 0.25) is 15.2 Å². The highest BCUT2D eigenvalue weighted by molar-refractivity contribution is 6.36. The van der Waals surface area contributed by atoms with Crippen LogP contribution < -0.4 is 10.3 Å². The second kappa shape index (κ2) is 14.8. The standard InChI is InChI=1S/C22H15Cl3N4O.C3H7NO2/c1-14(30)29(28-12-15-5-3-2-4-6-15)17-9-19(23)22(20(24)10-17)18(11-26)16-7-8-21(25)27-13-16;1-6-3-4-2-5/h2-10,12-13,18H,1H3;2H,3H2,1H3,(H,4,5)/b28-12+;. The van der Waals surface area contributed by atoms with Crippen LogP contribution in [0.1, 0.15) is 29.5 Å². The predicted molar refractivity (Wildman–Crippen MR) is 141 cm³/mol. The zero-order valence-electron chi connectivity index (χ0n) is 19.4. The number of benzene rings is 2. The van der Waals surface area contributed by atoms with Crippen LogP contribution in [0.3, 0.4) is 0 Å². The van der Waals surface area contributed by atoms with Gasteiger partial charge in [-0.25, -0.2) is 9.99 Å². The summed E-state index contributed by atoms with van der Waals surface area (Å²) in [5.74, 6) is -1.07. The Morgan fingerprint density at radius 3 is 2.33 bits per heavy atom. The molecule has 11 heteroatoms. The summed E-state index contributed by atoms with van der Waals surface area (Å²) in [4.78, 5) is 25.6. The average molecular weight is 547 g/mol. The molecular formula is C25H22Cl3N5O3. The van der Waals surface area contributed by atoms with Gasteiger partial charge in [0.05, 0.1) is 18.0 Å². The number of methoxy groups -OCH3 is 1. The first-order valence-corrected chi connectivity index (χ1v) is 11.5. The van der Waals surface area contributed by atoms with E-state index < -0.39 is 5.92 Å². The first-order valence-electron chi connectivity index (χ1n) is 10.4. The van der Waals surface area contributed by atoms with Gasteiger partial charge in [0.2, 0.25) is 12.3 Å².